The zero-order valence-corrected chi connectivity index (χ0v) is 14.7. The second-order valence-electron chi connectivity index (χ2n) is 7.58. The maximum Gasteiger partial charge on any atom is 0.248 e. The number of alkyl halides is 2. The second-order valence-corrected chi connectivity index (χ2v) is 8.58. The van der Waals surface area contributed by atoms with Crippen LogP contribution in [-0.2, 0) is 17.8 Å². The molecule has 3 aliphatic rings. The molecule has 1 aromatic heterocycles. The maximum atomic E-state index is 12.9. The van der Waals surface area contributed by atoms with Crippen LogP contribution in [0.15, 0.2) is 11.4 Å². The molecule has 3 heterocycles. The molecule has 3 nitrogen and oxygen atoms in total. The van der Waals surface area contributed by atoms with Crippen molar-refractivity contribution in [1.29, 1.82) is 0 Å². The van der Waals surface area contributed by atoms with Gasteiger partial charge in [0.1, 0.15) is 0 Å². The molecule has 0 unspecified atom stereocenters. The van der Waals surface area contributed by atoms with Crippen molar-refractivity contribution in [2.45, 2.75) is 44.6 Å². The Morgan fingerprint density at radius 2 is 2.00 bits per heavy atom. The number of halogens is 2. The molecule has 132 valence electrons. The van der Waals surface area contributed by atoms with Crippen LogP contribution in [0.3, 0.4) is 0 Å². The number of carbonyl (C=O) groups is 1. The largest absolute Gasteiger partial charge is 0.338 e. The molecule has 2 fully saturated rings. The van der Waals surface area contributed by atoms with Crippen LogP contribution < -0.4 is 0 Å². The van der Waals surface area contributed by atoms with E-state index in [9.17, 15) is 13.6 Å². The fourth-order valence-corrected chi connectivity index (χ4v) is 5.23. The number of fused-ring (bicyclic) bond motifs is 1. The SMILES string of the molecule is O=C(C1CCN(CC2CC(F)(F)C2)CC1)N1CCc2sccc2C1. The molecular formula is C18H24F2N2OS. The molecule has 0 spiro atoms. The van der Waals surface area contributed by atoms with E-state index in [1.807, 2.05) is 4.90 Å². The van der Waals surface area contributed by atoms with Gasteiger partial charge in [-0.25, -0.2) is 8.78 Å². The Kier molecular flexibility index (Phi) is 4.37. The molecule has 24 heavy (non-hydrogen) atoms. The standard InChI is InChI=1S/C18H24F2N2OS/c19-18(20)9-13(10-18)11-21-5-1-14(2-6-21)17(23)22-7-3-16-15(12-22)4-8-24-16/h4,8,13-14H,1-3,5-7,9-12H2. The van der Waals surface area contributed by atoms with Gasteiger partial charge >= 0.3 is 0 Å². The van der Waals surface area contributed by atoms with E-state index >= 15 is 0 Å². The lowest BCUT2D eigenvalue weighted by molar-refractivity contribution is -0.138. The third kappa shape index (κ3) is 3.36. The fraction of sp³-hybridized carbons (Fsp3) is 0.722. The van der Waals surface area contributed by atoms with Crippen LogP contribution in [0, 0.1) is 11.8 Å². The van der Waals surface area contributed by atoms with Crippen LogP contribution >= 0.6 is 11.3 Å². The third-order valence-electron chi connectivity index (χ3n) is 5.75. The summed E-state index contributed by atoms with van der Waals surface area (Å²) in [4.78, 5) is 18.5. The Morgan fingerprint density at radius 3 is 2.71 bits per heavy atom. The molecule has 1 saturated carbocycles. The highest BCUT2D eigenvalue weighted by Gasteiger charge is 2.45. The number of thiophene rings is 1. The Bertz CT molecular complexity index is 602. The van der Waals surface area contributed by atoms with E-state index in [1.54, 1.807) is 11.3 Å². The molecule has 0 radical (unpaired) electrons. The van der Waals surface area contributed by atoms with E-state index in [2.05, 4.69) is 16.3 Å². The van der Waals surface area contributed by atoms with E-state index in [4.69, 9.17) is 0 Å². The Labute approximate surface area is 145 Å². The van der Waals surface area contributed by atoms with Gasteiger partial charge in [0.25, 0.3) is 0 Å². The Morgan fingerprint density at radius 1 is 1.25 bits per heavy atom. The van der Waals surface area contributed by atoms with E-state index < -0.39 is 5.92 Å². The Hall–Kier alpha value is -1.01. The van der Waals surface area contributed by atoms with Crippen LogP contribution in [0.2, 0.25) is 0 Å². The summed E-state index contributed by atoms with van der Waals surface area (Å²) in [7, 11) is 0. The quantitative estimate of drug-likeness (QED) is 0.831. The first-order valence-corrected chi connectivity index (χ1v) is 9.82. The predicted molar refractivity (Wildman–Crippen MR) is 90.3 cm³/mol. The molecule has 0 N–H and O–H groups in total. The number of hydrogen-bond acceptors (Lipinski definition) is 3. The van der Waals surface area contributed by atoms with Crippen LogP contribution in [0.4, 0.5) is 8.78 Å². The normalized spacial score (nSPS) is 25.3. The zero-order chi connectivity index (χ0) is 16.7. The summed E-state index contributed by atoms with van der Waals surface area (Å²) in [6.45, 7) is 4.11. The number of nitrogens with zero attached hydrogens (tertiary/aromatic N) is 2. The lowest BCUT2D eigenvalue weighted by Crippen LogP contribution is -2.47. The highest BCUT2D eigenvalue weighted by molar-refractivity contribution is 7.10. The van der Waals surface area contributed by atoms with Crippen molar-refractivity contribution in [1.82, 2.24) is 9.80 Å². The van der Waals surface area contributed by atoms with Crippen molar-refractivity contribution in [2.24, 2.45) is 11.8 Å². The zero-order valence-electron chi connectivity index (χ0n) is 13.8. The number of amides is 1. The van der Waals surface area contributed by atoms with E-state index in [-0.39, 0.29) is 24.7 Å². The number of carbonyl (C=O) groups excluding carboxylic acids is 1. The first-order valence-electron chi connectivity index (χ1n) is 8.94. The molecule has 1 saturated heterocycles. The van der Waals surface area contributed by atoms with Gasteiger partial charge in [0, 0.05) is 43.3 Å². The average molecular weight is 354 g/mol. The summed E-state index contributed by atoms with van der Waals surface area (Å²) in [5.74, 6) is -1.87. The van der Waals surface area contributed by atoms with Crippen LogP contribution in [0.1, 0.15) is 36.1 Å². The lowest BCUT2D eigenvalue weighted by atomic mass is 9.80. The van der Waals surface area contributed by atoms with Gasteiger partial charge in [-0.1, -0.05) is 0 Å². The lowest BCUT2D eigenvalue weighted by Gasteiger charge is -2.41. The van der Waals surface area contributed by atoms with Crippen molar-refractivity contribution in [3.8, 4) is 0 Å². The fourth-order valence-electron chi connectivity index (χ4n) is 4.34. The first-order chi connectivity index (χ1) is 11.5. The average Bonchev–Trinajstić information content (AvgIpc) is 3.00. The topological polar surface area (TPSA) is 23.6 Å². The van der Waals surface area contributed by atoms with Crippen LogP contribution in [-0.4, -0.2) is 47.8 Å². The number of hydrogen-bond donors (Lipinski definition) is 0. The Balaban J connectivity index is 1.25. The molecule has 4 rings (SSSR count). The third-order valence-corrected chi connectivity index (χ3v) is 6.77. The number of rotatable bonds is 3. The monoisotopic (exact) mass is 354 g/mol. The summed E-state index contributed by atoms with van der Waals surface area (Å²) >= 11 is 1.79. The number of likely N-dealkylation sites (tertiary alicyclic amines) is 1. The van der Waals surface area contributed by atoms with Crippen molar-refractivity contribution < 1.29 is 13.6 Å². The van der Waals surface area contributed by atoms with Gasteiger partial charge in [-0.15, -0.1) is 11.3 Å². The second kappa shape index (κ2) is 6.37. The van der Waals surface area contributed by atoms with Crippen molar-refractivity contribution in [2.75, 3.05) is 26.2 Å². The summed E-state index contributed by atoms with van der Waals surface area (Å²) in [5, 5.41) is 2.11. The van der Waals surface area contributed by atoms with E-state index in [0.717, 1.165) is 52.0 Å². The highest BCUT2D eigenvalue weighted by Crippen LogP contribution is 2.43. The summed E-state index contributed by atoms with van der Waals surface area (Å²) in [6, 6.07) is 2.14. The van der Waals surface area contributed by atoms with Crippen LogP contribution in [0.5, 0.6) is 0 Å². The minimum absolute atomic E-state index is 0.0443. The van der Waals surface area contributed by atoms with Crippen molar-refractivity contribution in [3.63, 3.8) is 0 Å². The smallest absolute Gasteiger partial charge is 0.248 e. The molecule has 6 heteroatoms. The molecule has 2 aliphatic heterocycles. The van der Waals surface area contributed by atoms with Gasteiger partial charge in [0.15, 0.2) is 0 Å². The summed E-state index contributed by atoms with van der Waals surface area (Å²) in [5.41, 5.74) is 1.31. The molecule has 0 atom stereocenters. The van der Waals surface area contributed by atoms with E-state index in [0.29, 0.717) is 5.91 Å². The first kappa shape index (κ1) is 16.5. The number of piperidine rings is 1. The van der Waals surface area contributed by atoms with Gasteiger partial charge < -0.3 is 9.80 Å². The van der Waals surface area contributed by atoms with Gasteiger partial charge in [0.2, 0.25) is 11.8 Å². The van der Waals surface area contributed by atoms with Gasteiger partial charge in [0.05, 0.1) is 0 Å². The maximum absolute atomic E-state index is 12.9. The highest BCUT2D eigenvalue weighted by atomic mass is 32.1. The molecule has 1 amide bonds. The van der Waals surface area contributed by atoms with Gasteiger partial charge in [-0.2, -0.15) is 0 Å². The van der Waals surface area contributed by atoms with Crippen LogP contribution in [0.25, 0.3) is 0 Å². The van der Waals surface area contributed by atoms with Gasteiger partial charge in [-0.3, -0.25) is 4.79 Å². The van der Waals surface area contributed by atoms with Crippen molar-refractivity contribution in [3.05, 3.63) is 21.9 Å². The molecular weight excluding hydrogens is 330 g/mol. The van der Waals surface area contributed by atoms with Crippen molar-refractivity contribution >= 4 is 17.2 Å². The minimum atomic E-state index is -2.42. The summed E-state index contributed by atoms with van der Waals surface area (Å²) in [6.07, 6.45) is 2.81. The molecule has 1 aliphatic carbocycles. The predicted octanol–water partition coefficient (Wildman–Crippen LogP) is 3.39. The van der Waals surface area contributed by atoms with E-state index in [1.165, 1.54) is 10.4 Å². The van der Waals surface area contributed by atoms with Gasteiger partial charge in [-0.05, 0) is 55.3 Å². The molecule has 0 aromatic carbocycles. The molecule has 1 aromatic rings. The minimum Gasteiger partial charge on any atom is -0.338 e. The summed E-state index contributed by atoms with van der Waals surface area (Å²) < 4.78 is 25.9. The molecule has 0 bridgehead atoms.